The molecule has 4 rings (SSSR count). The van der Waals surface area contributed by atoms with E-state index >= 15 is 0 Å². The summed E-state index contributed by atoms with van der Waals surface area (Å²) in [6, 6.07) is 12.2. The van der Waals surface area contributed by atoms with E-state index in [4.69, 9.17) is 6.42 Å². The maximum Gasteiger partial charge on any atom is 0.275 e. The lowest BCUT2D eigenvalue weighted by atomic mass is 9.89. The molecule has 0 atom stereocenters. The second-order valence-corrected chi connectivity index (χ2v) is 6.23. The fraction of sp³-hybridized carbons (Fsp3) is 0.250. The summed E-state index contributed by atoms with van der Waals surface area (Å²) in [4.78, 5) is 19.0. The Labute approximate surface area is 146 Å². The minimum absolute atomic E-state index is 0.107. The first kappa shape index (κ1) is 15.4. The van der Waals surface area contributed by atoms with Gasteiger partial charge in [-0.15, -0.1) is 6.42 Å². The van der Waals surface area contributed by atoms with Gasteiger partial charge in [0.05, 0.1) is 0 Å². The molecule has 0 spiro atoms. The molecule has 124 valence electrons. The number of carbonyl (C=O) groups excluding carboxylic acids is 1. The quantitative estimate of drug-likeness (QED) is 0.679. The fourth-order valence-electron chi connectivity index (χ4n) is 3.46. The molecule has 0 N–H and O–H groups in total. The standard InChI is InChI=1S/C20H18N4O/c1-2-17-18(22-24-12-6-11-21-19(17)24)20(25)23-13-9-16(10-14-23)15-7-4-3-5-8-15/h1,3-8,11-12,16H,9-10,13-14H2. The van der Waals surface area contributed by atoms with E-state index in [-0.39, 0.29) is 5.91 Å². The molecule has 1 aromatic carbocycles. The van der Waals surface area contributed by atoms with Crippen molar-refractivity contribution in [3.8, 4) is 12.3 Å². The average Bonchev–Trinajstić information content (AvgIpc) is 3.07. The minimum atomic E-state index is -0.107. The van der Waals surface area contributed by atoms with Gasteiger partial charge in [0.2, 0.25) is 0 Å². The maximum absolute atomic E-state index is 12.9. The SMILES string of the molecule is C#Cc1c(C(=O)N2CCC(c3ccccc3)CC2)nn2cccnc12. The predicted octanol–water partition coefficient (Wildman–Crippen LogP) is 2.73. The number of terminal acetylenes is 1. The molecule has 1 fully saturated rings. The van der Waals surface area contributed by atoms with Crippen molar-refractivity contribution in [2.24, 2.45) is 0 Å². The van der Waals surface area contributed by atoms with Gasteiger partial charge in [0.15, 0.2) is 11.3 Å². The summed E-state index contributed by atoms with van der Waals surface area (Å²) in [5.74, 6) is 2.97. The molecular weight excluding hydrogens is 312 g/mol. The highest BCUT2D eigenvalue weighted by atomic mass is 16.2. The summed E-state index contributed by atoms with van der Waals surface area (Å²) in [6.45, 7) is 1.42. The molecule has 0 radical (unpaired) electrons. The lowest BCUT2D eigenvalue weighted by Gasteiger charge is -2.31. The molecule has 25 heavy (non-hydrogen) atoms. The Morgan fingerprint density at radius 2 is 1.92 bits per heavy atom. The van der Waals surface area contributed by atoms with Crippen LogP contribution < -0.4 is 0 Å². The number of fused-ring (bicyclic) bond motifs is 1. The highest BCUT2D eigenvalue weighted by molar-refractivity contribution is 5.96. The van der Waals surface area contributed by atoms with Crippen molar-refractivity contribution in [1.29, 1.82) is 0 Å². The largest absolute Gasteiger partial charge is 0.337 e. The molecule has 5 heteroatoms. The molecule has 5 nitrogen and oxygen atoms in total. The molecular formula is C20H18N4O. The van der Waals surface area contributed by atoms with E-state index < -0.39 is 0 Å². The van der Waals surface area contributed by atoms with Crippen molar-refractivity contribution in [2.75, 3.05) is 13.1 Å². The highest BCUT2D eigenvalue weighted by Crippen LogP contribution is 2.28. The van der Waals surface area contributed by atoms with Crippen LogP contribution in [-0.4, -0.2) is 38.5 Å². The lowest BCUT2D eigenvalue weighted by Crippen LogP contribution is -2.38. The Kier molecular flexibility index (Phi) is 3.95. The summed E-state index contributed by atoms with van der Waals surface area (Å²) in [7, 11) is 0. The fourth-order valence-corrected chi connectivity index (χ4v) is 3.46. The Morgan fingerprint density at radius 1 is 1.16 bits per heavy atom. The monoisotopic (exact) mass is 330 g/mol. The van der Waals surface area contributed by atoms with Gasteiger partial charge in [-0.05, 0) is 30.4 Å². The third-order valence-corrected chi connectivity index (χ3v) is 4.80. The molecule has 1 saturated heterocycles. The van der Waals surface area contributed by atoms with E-state index in [9.17, 15) is 4.79 Å². The van der Waals surface area contributed by atoms with Crippen molar-refractivity contribution < 1.29 is 4.79 Å². The first-order valence-corrected chi connectivity index (χ1v) is 8.42. The Morgan fingerprint density at radius 3 is 2.64 bits per heavy atom. The number of aromatic nitrogens is 3. The zero-order valence-corrected chi connectivity index (χ0v) is 13.8. The number of carbonyl (C=O) groups is 1. The molecule has 0 saturated carbocycles. The van der Waals surface area contributed by atoms with E-state index in [1.54, 1.807) is 23.0 Å². The van der Waals surface area contributed by atoms with E-state index in [0.29, 0.717) is 35.9 Å². The van der Waals surface area contributed by atoms with E-state index in [0.717, 1.165) is 12.8 Å². The van der Waals surface area contributed by atoms with Gasteiger partial charge in [-0.2, -0.15) is 5.10 Å². The van der Waals surface area contributed by atoms with E-state index in [1.807, 2.05) is 11.0 Å². The van der Waals surface area contributed by atoms with Crippen LogP contribution in [0.25, 0.3) is 5.65 Å². The van der Waals surface area contributed by atoms with Gasteiger partial charge in [0.25, 0.3) is 5.91 Å². The number of benzene rings is 1. The molecule has 1 amide bonds. The van der Waals surface area contributed by atoms with Crippen LogP contribution in [-0.2, 0) is 0 Å². The molecule has 3 heterocycles. The smallest absolute Gasteiger partial charge is 0.275 e. The zero-order chi connectivity index (χ0) is 17.2. The molecule has 1 aliphatic heterocycles. The minimum Gasteiger partial charge on any atom is -0.337 e. The van der Waals surface area contributed by atoms with Crippen LogP contribution in [0.4, 0.5) is 0 Å². The molecule has 1 aliphatic rings. The molecule has 0 aliphatic carbocycles. The summed E-state index contributed by atoms with van der Waals surface area (Å²) < 4.78 is 1.57. The Bertz CT molecular complexity index is 947. The highest BCUT2D eigenvalue weighted by Gasteiger charge is 2.28. The summed E-state index contributed by atoms with van der Waals surface area (Å²) in [5.41, 5.74) is 2.68. The summed E-state index contributed by atoms with van der Waals surface area (Å²) in [6.07, 6.45) is 10.9. The second-order valence-electron chi connectivity index (χ2n) is 6.23. The number of nitrogens with zero attached hydrogens (tertiary/aromatic N) is 4. The van der Waals surface area contributed by atoms with Gasteiger partial charge in [-0.1, -0.05) is 36.3 Å². The lowest BCUT2D eigenvalue weighted by molar-refractivity contribution is 0.0706. The van der Waals surface area contributed by atoms with Crippen LogP contribution >= 0.6 is 0 Å². The number of likely N-dealkylation sites (tertiary alicyclic amines) is 1. The predicted molar refractivity (Wildman–Crippen MR) is 95.2 cm³/mol. The average molecular weight is 330 g/mol. The molecule has 2 aromatic heterocycles. The van der Waals surface area contributed by atoms with Crippen molar-refractivity contribution >= 4 is 11.6 Å². The van der Waals surface area contributed by atoms with Crippen LogP contribution in [0.5, 0.6) is 0 Å². The topological polar surface area (TPSA) is 50.5 Å². The van der Waals surface area contributed by atoms with Gasteiger partial charge >= 0.3 is 0 Å². The van der Waals surface area contributed by atoms with Crippen LogP contribution in [0, 0.1) is 12.3 Å². The van der Waals surface area contributed by atoms with E-state index in [1.165, 1.54) is 5.56 Å². The third-order valence-electron chi connectivity index (χ3n) is 4.80. The number of rotatable bonds is 2. The molecule has 3 aromatic rings. The Hall–Kier alpha value is -3.13. The van der Waals surface area contributed by atoms with Crippen molar-refractivity contribution in [1.82, 2.24) is 19.5 Å². The van der Waals surface area contributed by atoms with Crippen LogP contribution in [0.2, 0.25) is 0 Å². The van der Waals surface area contributed by atoms with Crippen molar-refractivity contribution in [2.45, 2.75) is 18.8 Å². The van der Waals surface area contributed by atoms with Crippen LogP contribution in [0.15, 0.2) is 48.8 Å². The zero-order valence-electron chi connectivity index (χ0n) is 13.8. The van der Waals surface area contributed by atoms with Crippen LogP contribution in [0.3, 0.4) is 0 Å². The van der Waals surface area contributed by atoms with Gasteiger partial charge in [0.1, 0.15) is 5.56 Å². The maximum atomic E-state index is 12.9. The second kappa shape index (κ2) is 6.40. The van der Waals surface area contributed by atoms with Crippen LogP contribution in [0.1, 0.15) is 40.4 Å². The van der Waals surface area contributed by atoms with Gasteiger partial charge in [0, 0.05) is 25.5 Å². The first-order chi connectivity index (χ1) is 12.3. The molecule has 0 unspecified atom stereocenters. The Balaban J connectivity index is 1.54. The van der Waals surface area contributed by atoms with Gasteiger partial charge in [-0.25, -0.2) is 9.50 Å². The van der Waals surface area contributed by atoms with E-state index in [2.05, 4.69) is 40.3 Å². The summed E-state index contributed by atoms with van der Waals surface area (Å²) in [5, 5.41) is 4.36. The number of piperidine rings is 1. The van der Waals surface area contributed by atoms with Crippen molar-refractivity contribution in [3.05, 3.63) is 65.6 Å². The summed E-state index contributed by atoms with van der Waals surface area (Å²) >= 11 is 0. The molecule has 0 bridgehead atoms. The van der Waals surface area contributed by atoms with Gasteiger partial charge in [-0.3, -0.25) is 4.79 Å². The number of hydrogen-bond donors (Lipinski definition) is 0. The van der Waals surface area contributed by atoms with Crippen molar-refractivity contribution in [3.63, 3.8) is 0 Å². The van der Waals surface area contributed by atoms with Gasteiger partial charge < -0.3 is 4.90 Å². The number of amides is 1. The first-order valence-electron chi connectivity index (χ1n) is 8.42. The number of hydrogen-bond acceptors (Lipinski definition) is 3. The normalized spacial score (nSPS) is 15.2. The third kappa shape index (κ3) is 2.76.